The zero-order chi connectivity index (χ0) is 11.4. The first-order valence-electron chi connectivity index (χ1n) is 5.09. The average Bonchev–Trinajstić information content (AvgIpc) is 2.75. The minimum absolute atomic E-state index is 0.342. The number of ether oxygens (including phenoxy) is 1. The summed E-state index contributed by atoms with van der Waals surface area (Å²) in [6.07, 6.45) is 1.92. The van der Waals surface area contributed by atoms with E-state index in [0.717, 1.165) is 31.2 Å². The Kier molecular flexibility index (Phi) is 4.20. The van der Waals surface area contributed by atoms with E-state index in [2.05, 4.69) is 22.1 Å². The highest BCUT2D eigenvalue weighted by Gasteiger charge is 2.20. The van der Waals surface area contributed by atoms with Crippen molar-refractivity contribution >= 4 is 23.4 Å². The van der Waals surface area contributed by atoms with Crippen molar-refractivity contribution < 1.29 is 4.74 Å². The van der Waals surface area contributed by atoms with E-state index < -0.39 is 0 Å². The van der Waals surface area contributed by atoms with E-state index in [4.69, 9.17) is 16.3 Å². The normalized spacial score (nSPS) is 17.6. The summed E-state index contributed by atoms with van der Waals surface area (Å²) in [5, 5.41) is 13.1. The van der Waals surface area contributed by atoms with Crippen molar-refractivity contribution in [3.63, 3.8) is 0 Å². The molecule has 0 bridgehead atoms. The lowest BCUT2D eigenvalue weighted by Gasteiger charge is -2.22. The second-order valence-corrected chi connectivity index (χ2v) is 5.03. The SMILES string of the molecule is C=C(Cl)CSc1nnnn1C1CCOCC1. The third kappa shape index (κ3) is 2.96. The van der Waals surface area contributed by atoms with Gasteiger partial charge in [0.15, 0.2) is 0 Å². The topological polar surface area (TPSA) is 52.8 Å². The van der Waals surface area contributed by atoms with Crippen LogP contribution in [0.2, 0.25) is 0 Å². The number of rotatable bonds is 4. The minimum atomic E-state index is 0.342. The van der Waals surface area contributed by atoms with Gasteiger partial charge in [0.1, 0.15) is 0 Å². The Labute approximate surface area is 103 Å². The molecule has 16 heavy (non-hydrogen) atoms. The molecule has 0 N–H and O–H groups in total. The Morgan fingerprint density at radius 2 is 2.31 bits per heavy atom. The molecule has 1 aliphatic rings. The fourth-order valence-electron chi connectivity index (χ4n) is 1.58. The van der Waals surface area contributed by atoms with Crippen molar-refractivity contribution in [3.8, 4) is 0 Å². The van der Waals surface area contributed by atoms with Crippen molar-refractivity contribution in [2.24, 2.45) is 0 Å². The third-order valence-electron chi connectivity index (χ3n) is 2.36. The van der Waals surface area contributed by atoms with Gasteiger partial charge >= 0.3 is 0 Å². The van der Waals surface area contributed by atoms with Gasteiger partial charge in [-0.25, -0.2) is 4.68 Å². The minimum Gasteiger partial charge on any atom is -0.381 e. The first-order chi connectivity index (χ1) is 7.77. The number of nitrogens with zero attached hydrogens (tertiary/aromatic N) is 4. The molecule has 1 aromatic rings. The van der Waals surface area contributed by atoms with Crippen LogP contribution in [0.3, 0.4) is 0 Å². The molecule has 0 aromatic carbocycles. The van der Waals surface area contributed by atoms with Crippen LogP contribution >= 0.6 is 23.4 Å². The molecule has 1 saturated heterocycles. The number of hydrogen-bond acceptors (Lipinski definition) is 5. The summed E-state index contributed by atoms with van der Waals surface area (Å²) < 4.78 is 7.18. The van der Waals surface area contributed by atoms with Crippen molar-refractivity contribution in [2.45, 2.75) is 24.0 Å². The number of hydrogen-bond donors (Lipinski definition) is 0. The summed E-state index contributed by atoms with van der Waals surface area (Å²) in [6, 6.07) is 0.342. The fraction of sp³-hybridized carbons (Fsp3) is 0.667. The molecule has 1 fully saturated rings. The van der Waals surface area contributed by atoms with E-state index in [-0.39, 0.29) is 0 Å². The summed E-state index contributed by atoms with van der Waals surface area (Å²) in [7, 11) is 0. The largest absolute Gasteiger partial charge is 0.381 e. The molecule has 1 aliphatic heterocycles. The quantitative estimate of drug-likeness (QED) is 0.774. The van der Waals surface area contributed by atoms with Gasteiger partial charge in [-0.15, -0.1) is 5.10 Å². The maximum absolute atomic E-state index is 5.72. The van der Waals surface area contributed by atoms with Crippen LogP contribution in [0.25, 0.3) is 0 Å². The predicted octanol–water partition coefficient (Wildman–Crippen LogP) is 1.87. The van der Waals surface area contributed by atoms with E-state index in [9.17, 15) is 0 Å². The van der Waals surface area contributed by atoms with Gasteiger partial charge in [0.2, 0.25) is 5.16 Å². The molecule has 1 aromatic heterocycles. The van der Waals surface area contributed by atoms with Gasteiger partial charge < -0.3 is 4.74 Å². The van der Waals surface area contributed by atoms with Crippen molar-refractivity contribution in [2.75, 3.05) is 19.0 Å². The lowest BCUT2D eigenvalue weighted by atomic mass is 10.1. The van der Waals surface area contributed by atoms with Crippen LogP contribution in [-0.2, 0) is 4.74 Å². The molecule has 0 amide bonds. The van der Waals surface area contributed by atoms with Gasteiger partial charge in [-0.05, 0) is 23.3 Å². The standard InChI is InChI=1S/C9H13ClN4OS/c1-7(10)6-16-9-11-12-13-14(9)8-2-4-15-5-3-8/h8H,1-6H2. The summed E-state index contributed by atoms with van der Waals surface area (Å²) in [6.45, 7) is 5.19. The Hall–Kier alpha value is -0.590. The van der Waals surface area contributed by atoms with Crippen molar-refractivity contribution in [1.29, 1.82) is 0 Å². The third-order valence-corrected chi connectivity index (χ3v) is 3.67. The molecule has 5 nitrogen and oxygen atoms in total. The molecule has 2 rings (SSSR count). The first kappa shape index (κ1) is 11.9. The molecule has 0 aliphatic carbocycles. The maximum Gasteiger partial charge on any atom is 0.209 e. The number of tetrazole rings is 1. The summed E-state index contributed by atoms with van der Waals surface area (Å²) in [4.78, 5) is 0. The van der Waals surface area contributed by atoms with Crippen LogP contribution in [0.5, 0.6) is 0 Å². The van der Waals surface area contributed by atoms with Gasteiger partial charge in [0.05, 0.1) is 6.04 Å². The zero-order valence-electron chi connectivity index (χ0n) is 8.80. The van der Waals surface area contributed by atoms with Crippen LogP contribution in [-0.4, -0.2) is 39.2 Å². The second kappa shape index (κ2) is 5.65. The lowest BCUT2D eigenvalue weighted by molar-refractivity contribution is 0.0631. The Bertz CT molecular complexity index is 364. The molecular formula is C9H13ClN4OS. The maximum atomic E-state index is 5.72. The Morgan fingerprint density at radius 3 is 3.00 bits per heavy atom. The van der Waals surface area contributed by atoms with Crippen LogP contribution in [0.15, 0.2) is 16.8 Å². The number of halogens is 1. The van der Waals surface area contributed by atoms with Crippen LogP contribution in [0, 0.1) is 0 Å². The number of aromatic nitrogens is 4. The fourth-order valence-corrected chi connectivity index (χ4v) is 2.44. The van der Waals surface area contributed by atoms with Gasteiger partial charge in [0, 0.05) is 24.0 Å². The van der Waals surface area contributed by atoms with Crippen molar-refractivity contribution in [3.05, 3.63) is 11.6 Å². The molecule has 0 saturated carbocycles. The number of thioether (sulfide) groups is 1. The highest BCUT2D eigenvalue weighted by Crippen LogP contribution is 2.26. The van der Waals surface area contributed by atoms with Gasteiger partial charge in [-0.1, -0.05) is 29.9 Å². The smallest absolute Gasteiger partial charge is 0.209 e. The molecule has 88 valence electrons. The Balaban J connectivity index is 2.02. The molecule has 2 heterocycles. The van der Waals surface area contributed by atoms with Crippen molar-refractivity contribution in [1.82, 2.24) is 20.2 Å². The summed E-state index contributed by atoms with van der Waals surface area (Å²) >= 11 is 7.23. The van der Waals surface area contributed by atoms with Gasteiger partial charge in [-0.3, -0.25) is 0 Å². The van der Waals surface area contributed by atoms with E-state index in [1.807, 2.05) is 4.68 Å². The first-order valence-corrected chi connectivity index (χ1v) is 6.45. The second-order valence-electron chi connectivity index (χ2n) is 3.56. The van der Waals surface area contributed by atoms with Crippen LogP contribution < -0.4 is 0 Å². The molecule has 0 radical (unpaired) electrons. The van der Waals surface area contributed by atoms with Gasteiger partial charge in [0.25, 0.3) is 0 Å². The molecule has 0 atom stereocenters. The highest BCUT2D eigenvalue weighted by atomic mass is 35.5. The van der Waals surface area contributed by atoms with E-state index in [1.54, 1.807) is 0 Å². The predicted molar refractivity (Wildman–Crippen MR) is 62.6 cm³/mol. The molecule has 7 heteroatoms. The molecule has 0 unspecified atom stereocenters. The summed E-state index contributed by atoms with van der Waals surface area (Å²) in [5.41, 5.74) is 0. The van der Waals surface area contributed by atoms with E-state index >= 15 is 0 Å². The average molecular weight is 261 g/mol. The zero-order valence-corrected chi connectivity index (χ0v) is 10.4. The molecule has 0 spiro atoms. The van der Waals surface area contributed by atoms with E-state index in [1.165, 1.54) is 11.8 Å². The molecular weight excluding hydrogens is 248 g/mol. The Morgan fingerprint density at radius 1 is 1.56 bits per heavy atom. The van der Waals surface area contributed by atoms with Crippen LogP contribution in [0.4, 0.5) is 0 Å². The monoisotopic (exact) mass is 260 g/mol. The van der Waals surface area contributed by atoms with Gasteiger partial charge in [-0.2, -0.15) is 0 Å². The highest BCUT2D eigenvalue weighted by molar-refractivity contribution is 7.99. The lowest BCUT2D eigenvalue weighted by Crippen LogP contribution is -2.21. The van der Waals surface area contributed by atoms with Crippen LogP contribution in [0.1, 0.15) is 18.9 Å². The summed E-state index contributed by atoms with van der Waals surface area (Å²) in [5.74, 6) is 0.630. The van der Waals surface area contributed by atoms with E-state index in [0.29, 0.717) is 16.8 Å².